The molecule has 2 aromatic rings. The molecule has 1 unspecified atom stereocenters. The van der Waals surface area contributed by atoms with Crippen LogP contribution in [0.4, 0.5) is 5.69 Å². The summed E-state index contributed by atoms with van der Waals surface area (Å²) >= 11 is 1.79. The summed E-state index contributed by atoms with van der Waals surface area (Å²) in [6, 6.07) is 7.59. The fraction of sp³-hybridized carbons (Fsp3) is 0.421. The molecule has 1 aromatic heterocycles. The van der Waals surface area contributed by atoms with Crippen LogP contribution in [0.25, 0.3) is 0 Å². The molecule has 1 N–H and O–H groups in total. The van der Waals surface area contributed by atoms with Gasteiger partial charge < -0.3 is 19.7 Å². The van der Waals surface area contributed by atoms with Crippen molar-refractivity contribution in [2.24, 2.45) is 0 Å². The SMILES string of the molecule is CC(Nc1ccc2c(c1)OCCCO2)C(=O)N1CCc2sccc2C1. The van der Waals surface area contributed by atoms with Crippen molar-refractivity contribution in [1.82, 2.24) is 4.90 Å². The van der Waals surface area contributed by atoms with Crippen molar-refractivity contribution in [1.29, 1.82) is 0 Å². The van der Waals surface area contributed by atoms with Crippen molar-refractivity contribution in [3.63, 3.8) is 0 Å². The van der Waals surface area contributed by atoms with Gasteiger partial charge in [0.2, 0.25) is 5.91 Å². The van der Waals surface area contributed by atoms with Crippen LogP contribution >= 0.6 is 11.3 Å². The van der Waals surface area contributed by atoms with E-state index < -0.39 is 0 Å². The van der Waals surface area contributed by atoms with Crippen molar-refractivity contribution in [3.8, 4) is 11.5 Å². The van der Waals surface area contributed by atoms with E-state index in [1.165, 1.54) is 10.4 Å². The molecule has 6 heteroatoms. The lowest BCUT2D eigenvalue weighted by molar-refractivity contribution is -0.132. The third-order valence-electron chi connectivity index (χ3n) is 4.62. The largest absolute Gasteiger partial charge is 0.490 e. The summed E-state index contributed by atoms with van der Waals surface area (Å²) in [7, 11) is 0. The lowest BCUT2D eigenvalue weighted by atomic mass is 10.1. The van der Waals surface area contributed by atoms with Gasteiger partial charge in [-0.15, -0.1) is 11.3 Å². The number of rotatable bonds is 3. The summed E-state index contributed by atoms with van der Waals surface area (Å²) in [5.41, 5.74) is 2.16. The summed E-state index contributed by atoms with van der Waals surface area (Å²) in [5, 5.41) is 5.41. The molecule has 4 rings (SSSR count). The molecule has 0 radical (unpaired) electrons. The third kappa shape index (κ3) is 3.44. The molecule has 0 spiro atoms. The minimum atomic E-state index is -0.287. The molecular formula is C19H22N2O3S. The normalized spacial score (nSPS) is 17.4. The molecule has 0 saturated carbocycles. The molecule has 0 fully saturated rings. The Morgan fingerprint density at radius 2 is 2.08 bits per heavy atom. The Bertz CT molecular complexity index is 774. The molecule has 1 aromatic carbocycles. The van der Waals surface area contributed by atoms with Crippen LogP contribution in [0, 0.1) is 0 Å². The maximum Gasteiger partial charge on any atom is 0.245 e. The predicted molar refractivity (Wildman–Crippen MR) is 98.6 cm³/mol. The van der Waals surface area contributed by atoms with Gasteiger partial charge in [-0.2, -0.15) is 0 Å². The van der Waals surface area contributed by atoms with Crippen LogP contribution in [0.2, 0.25) is 0 Å². The van der Waals surface area contributed by atoms with Gasteiger partial charge in [-0.3, -0.25) is 4.79 Å². The van der Waals surface area contributed by atoms with Gasteiger partial charge >= 0.3 is 0 Å². The van der Waals surface area contributed by atoms with Gasteiger partial charge in [0.25, 0.3) is 0 Å². The summed E-state index contributed by atoms with van der Waals surface area (Å²) in [6.45, 7) is 4.74. The molecule has 0 bridgehead atoms. The number of anilines is 1. The van der Waals surface area contributed by atoms with Crippen molar-refractivity contribution >= 4 is 22.9 Å². The number of nitrogens with zero attached hydrogens (tertiary/aromatic N) is 1. The number of fused-ring (bicyclic) bond motifs is 2. The minimum Gasteiger partial charge on any atom is -0.490 e. The molecule has 25 heavy (non-hydrogen) atoms. The first-order chi connectivity index (χ1) is 12.2. The molecule has 0 saturated heterocycles. The fourth-order valence-corrected chi connectivity index (χ4v) is 4.16. The lowest BCUT2D eigenvalue weighted by Gasteiger charge is -2.30. The van der Waals surface area contributed by atoms with E-state index in [1.807, 2.05) is 30.0 Å². The third-order valence-corrected chi connectivity index (χ3v) is 5.64. The quantitative estimate of drug-likeness (QED) is 0.915. The molecule has 2 aliphatic rings. The standard InChI is InChI=1S/C19H22N2O3S/c1-13(19(22)21-7-5-18-14(12-21)6-10-25-18)20-15-3-4-16-17(11-15)24-9-2-8-23-16/h3-4,6,10-11,13,20H,2,5,7-9,12H2,1H3. The van der Waals surface area contributed by atoms with Crippen LogP contribution in [0.1, 0.15) is 23.8 Å². The average molecular weight is 358 g/mol. The number of amides is 1. The molecular weight excluding hydrogens is 336 g/mol. The fourth-order valence-electron chi connectivity index (χ4n) is 3.28. The van der Waals surface area contributed by atoms with Gasteiger partial charge in [-0.1, -0.05) is 0 Å². The van der Waals surface area contributed by atoms with Gasteiger partial charge in [0, 0.05) is 36.1 Å². The van der Waals surface area contributed by atoms with E-state index in [-0.39, 0.29) is 11.9 Å². The van der Waals surface area contributed by atoms with Crippen molar-refractivity contribution in [2.75, 3.05) is 25.1 Å². The molecule has 2 aliphatic heterocycles. The van der Waals surface area contributed by atoms with Crippen LogP contribution in [0.3, 0.4) is 0 Å². The van der Waals surface area contributed by atoms with Gasteiger partial charge in [0.1, 0.15) is 6.04 Å². The predicted octanol–water partition coefficient (Wildman–Crippen LogP) is 3.29. The number of hydrogen-bond acceptors (Lipinski definition) is 5. The number of nitrogens with one attached hydrogen (secondary N) is 1. The number of thiophene rings is 1. The zero-order valence-electron chi connectivity index (χ0n) is 14.3. The molecule has 3 heterocycles. The number of hydrogen-bond donors (Lipinski definition) is 1. The van der Waals surface area contributed by atoms with E-state index in [0.717, 1.165) is 36.6 Å². The summed E-state index contributed by atoms with van der Waals surface area (Å²) in [6.07, 6.45) is 1.83. The molecule has 0 aliphatic carbocycles. The first-order valence-electron chi connectivity index (χ1n) is 8.71. The van der Waals surface area contributed by atoms with Crippen molar-refractivity contribution < 1.29 is 14.3 Å². The summed E-state index contributed by atoms with van der Waals surface area (Å²) in [4.78, 5) is 16.1. The molecule has 132 valence electrons. The number of carbonyl (C=O) groups is 1. The summed E-state index contributed by atoms with van der Waals surface area (Å²) in [5.74, 6) is 1.63. The van der Waals surface area contributed by atoms with Gasteiger partial charge in [0.05, 0.1) is 13.2 Å². The average Bonchev–Trinajstić information content (AvgIpc) is 2.97. The first-order valence-corrected chi connectivity index (χ1v) is 9.59. The van der Waals surface area contributed by atoms with E-state index in [2.05, 4.69) is 16.8 Å². The van der Waals surface area contributed by atoms with Crippen LogP contribution < -0.4 is 14.8 Å². The minimum absolute atomic E-state index is 0.129. The Morgan fingerprint density at radius 3 is 2.96 bits per heavy atom. The Labute approximate surface area is 151 Å². The van der Waals surface area contributed by atoms with Crippen LogP contribution in [0.15, 0.2) is 29.6 Å². The summed E-state index contributed by atoms with van der Waals surface area (Å²) < 4.78 is 11.4. The van der Waals surface area contributed by atoms with Crippen molar-refractivity contribution in [2.45, 2.75) is 32.4 Å². The second-order valence-corrected chi connectivity index (χ2v) is 7.46. The van der Waals surface area contributed by atoms with Crippen LogP contribution in [0.5, 0.6) is 11.5 Å². The van der Waals surface area contributed by atoms with E-state index in [9.17, 15) is 4.79 Å². The monoisotopic (exact) mass is 358 g/mol. The zero-order valence-corrected chi connectivity index (χ0v) is 15.1. The highest BCUT2D eigenvalue weighted by molar-refractivity contribution is 7.10. The van der Waals surface area contributed by atoms with Crippen molar-refractivity contribution in [3.05, 3.63) is 40.1 Å². The topological polar surface area (TPSA) is 50.8 Å². The highest BCUT2D eigenvalue weighted by Gasteiger charge is 2.25. The molecule has 1 atom stereocenters. The maximum atomic E-state index is 12.8. The number of benzene rings is 1. The lowest BCUT2D eigenvalue weighted by Crippen LogP contribution is -2.43. The van der Waals surface area contributed by atoms with E-state index >= 15 is 0 Å². The van der Waals surface area contributed by atoms with Gasteiger partial charge in [-0.05, 0) is 42.5 Å². The Kier molecular flexibility index (Phi) is 4.53. The van der Waals surface area contributed by atoms with E-state index in [4.69, 9.17) is 9.47 Å². The number of carbonyl (C=O) groups excluding carboxylic acids is 1. The maximum absolute atomic E-state index is 12.8. The highest BCUT2D eigenvalue weighted by atomic mass is 32.1. The smallest absolute Gasteiger partial charge is 0.245 e. The van der Waals surface area contributed by atoms with Gasteiger partial charge in [0.15, 0.2) is 11.5 Å². The second-order valence-electron chi connectivity index (χ2n) is 6.46. The first kappa shape index (κ1) is 16.3. The van der Waals surface area contributed by atoms with Gasteiger partial charge in [-0.25, -0.2) is 0 Å². The number of ether oxygens (including phenoxy) is 2. The second kappa shape index (κ2) is 6.96. The molecule has 5 nitrogen and oxygen atoms in total. The van der Waals surface area contributed by atoms with E-state index in [0.29, 0.717) is 19.8 Å². The Hall–Kier alpha value is -2.21. The molecule has 1 amide bonds. The van der Waals surface area contributed by atoms with Crippen LogP contribution in [-0.2, 0) is 17.8 Å². The Morgan fingerprint density at radius 1 is 1.24 bits per heavy atom. The zero-order chi connectivity index (χ0) is 17.2. The van der Waals surface area contributed by atoms with E-state index in [1.54, 1.807) is 11.3 Å². The Balaban J connectivity index is 1.42. The highest BCUT2D eigenvalue weighted by Crippen LogP contribution is 2.32. The van der Waals surface area contributed by atoms with Crippen LogP contribution in [-0.4, -0.2) is 36.6 Å².